The van der Waals surface area contributed by atoms with Crippen LogP contribution in [0.25, 0.3) is 0 Å². The van der Waals surface area contributed by atoms with E-state index < -0.39 is 0 Å². The Labute approximate surface area is 167 Å². The Bertz CT molecular complexity index is 930. The molecule has 1 N–H and O–H groups in total. The SMILES string of the molecule is O=C(CN1CC[C@@H](n2cncn2)C1)Nc1ccc(Oc2ccccc2Cl)cc1. The second-order valence-corrected chi connectivity index (χ2v) is 7.07. The Morgan fingerprint density at radius 2 is 2.04 bits per heavy atom. The summed E-state index contributed by atoms with van der Waals surface area (Å²) >= 11 is 6.10. The molecule has 0 unspecified atom stereocenters. The maximum Gasteiger partial charge on any atom is 0.238 e. The van der Waals surface area contributed by atoms with Gasteiger partial charge in [0.05, 0.1) is 17.6 Å². The first-order valence-electron chi connectivity index (χ1n) is 9.06. The van der Waals surface area contributed by atoms with Crippen molar-refractivity contribution in [2.45, 2.75) is 12.5 Å². The molecule has 1 atom stereocenters. The first kappa shape index (κ1) is 18.5. The normalized spacial score (nSPS) is 16.8. The molecular weight excluding hydrogens is 378 g/mol. The number of likely N-dealkylation sites (tertiary alicyclic amines) is 1. The molecule has 144 valence electrons. The smallest absolute Gasteiger partial charge is 0.238 e. The summed E-state index contributed by atoms with van der Waals surface area (Å²) in [5.74, 6) is 1.21. The second-order valence-electron chi connectivity index (χ2n) is 6.66. The number of carbonyl (C=O) groups excluding carboxylic acids is 1. The molecule has 1 aliphatic heterocycles. The molecule has 28 heavy (non-hydrogen) atoms. The van der Waals surface area contributed by atoms with E-state index in [2.05, 4.69) is 20.3 Å². The third-order valence-corrected chi connectivity index (χ3v) is 4.94. The number of halogens is 1. The molecule has 1 saturated heterocycles. The van der Waals surface area contributed by atoms with Crippen LogP contribution in [0.1, 0.15) is 12.5 Å². The van der Waals surface area contributed by atoms with Gasteiger partial charge >= 0.3 is 0 Å². The number of nitrogens with zero attached hydrogens (tertiary/aromatic N) is 4. The summed E-state index contributed by atoms with van der Waals surface area (Å²) in [6, 6.07) is 14.8. The van der Waals surface area contributed by atoms with Gasteiger partial charge in [0.1, 0.15) is 24.2 Å². The van der Waals surface area contributed by atoms with Gasteiger partial charge in [0.2, 0.25) is 5.91 Å². The van der Waals surface area contributed by atoms with Crippen LogP contribution in [0.5, 0.6) is 11.5 Å². The van der Waals surface area contributed by atoms with Gasteiger partial charge in [-0.15, -0.1) is 0 Å². The Balaban J connectivity index is 1.28. The van der Waals surface area contributed by atoms with Crippen molar-refractivity contribution in [2.24, 2.45) is 0 Å². The predicted octanol–water partition coefficient (Wildman–Crippen LogP) is 3.61. The molecule has 1 fully saturated rings. The van der Waals surface area contributed by atoms with Crippen molar-refractivity contribution >= 4 is 23.2 Å². The van der Waals surface area contributed by atoms with E-state index in [1.54, 1.807) is 30.6 Å². The molecule has 2 aromatic carbocycles. The van der Waals surface area contributed by atoms with Crippen LogP contribution in [0.2, 0.25) is 5.02 Å². The van der Waals surface area contributed by atoms with Crippen molar-refractivity contribution in [1.29, 1.82) is 0 Å². The van der Waals surface area contributed by atoms with Crippen LogP contribution in [0.15, 0.2) is 61.2 Å². The molecule has 2 heterocycles. The zero-order valence-electron chi connectivity index (χ0n) is 15.2. The lowest BCUT2D eigenvalue weighted by molar-refractivity contribution is -0.117. The first-order valence-corrected chi connectivity index (χ1v) is 9.44. The molecule has 0 bridgehead atoms. The monoisotopic (exact) mass is 397 g/mol. The predicted molar refractivity (Wildman–Crippen MR) is 107 cm³/mol. The highest BCUT2D eigenvalue weighted by molar-refractivity contribution is 6.32. The van der Waals surface area contributed by atoms with Gasteiger partial charge in [-0.25, -0.2) is 9.67 Å². The van der Waals surface area contributed by atoms with Crippen LogP contribution < -0.4 is 10.1 Å². The van der Waals surface area contributed by atoms with Crippen molar-refractivity contribution in [3.8, 4) is 11.5 Å². The number of para-hydroxylation sites is 1. The largest absolute Gasteiger partial charge is 0.456 e. The first-order chi connectivity index (χ1) is 13.7. The lowest BCUT2D eigenvalue weighted by atomic mass is 10.3. The highest BCUT2D eigenvalue weighted by atomic mass is 35.5. The van der Waals surface area contributed by atoms with Gasteiger partial charge in [0.25, 0.3) is 0 Å². The van der Waals surface area contributed by atoms with Crippen LogP contribution in [-0.4, -0.2) is 45.2 Å². The van der Waals surface area contributed by atoms with Gasteiger partial charge in [-0.05, 0) is 42.8 Å². The third-order valence-electron chi connectivity index (χ3n) is 4.63. The summed E-state index contributed by atoms with van der Waals surface area (Å²) in [7, 11) is 0. The molecule has 7 nitrogen and oxygen atoms in total. The fourth-order valence-corrected chi connectivity index (χ4v) is 3.42. The van der Waals surface area contributed by atoms with Crippen molar-refractivity contribution < 1.29 is 9.53 Å². The molecule has 8 heteroatoms. The highest BCUT2D eigenvalue weighted by Crippen LogP contribution is 2.29. The minimum atomic E-state index is -0.0426. The molecular formula is C20H20ClN5O2. The number of ether oxygens (including phenoxy) is 1. The van der Waals surface area contributed by atoms with Crippen LogP contribution in [0.4, 0.5) is 5.69 Å². The number of amides is 1. The van der Waals surface area contributed by atoms with Gasteiger partial charge in [-0.1, -0.05) is 23.7 Å². The Morgan fingerprint density at radius 3 is 2.79 bits per heavy atom. The number of aromatic nitrogens is 3. The number of nitrogens with one attached hydrogen (secondary N) is 1. The number of rotatable bonds is 6. The van der Waals surface area contributed by atoms with E-state index in [9.17, 15) is 4.79 Å². The van der Waals surface area contributed by atoms with Crippen molar-refractivity contribution in [1.82, 2.24) is 19.7 Å². The zero-order valence-corrected chi connectivity index (χ0v) is 15.9. The van der Waals surface area contributed by atoms with E-state index in [1.165, 1.54) is 6.33 Å². The fraction of sp³-hybridized carbons (Fsp3) is 0.250. The van der Waals surface area contributed by atoms with Gasteiger partial charge in [0, 0.05) is 18.8 Å². The highest BCUT2D eigenvalue weighted by Gasteiger charge is 2.25. The molecule has 1 aromatic heterocycles. The lowest BCUT2D eigenvalue weighted by Crippen LogP contribution is -2.31. The van der Waals surface area contributed by atoms with Crippen molar-refractivity contribution in [3.63, 3.8) is 0 Å². The molecule has 1 aliphatic rings. The van der Waals surface area contributed by atoms with Crippen molar-refractivity contribution in [2.75, 3.05) is 25.0 Å². The maximum absolute atomic E-state index is 12.3. The minimum Gasteiger partial charge on any atom is -0.456 e. The number of anilines is 1. The standard InChI is InChI=1S/C20H20ClN5O2/c21-18-3-1-2-4-19(18)28-17-7-5-15(6-8-17)24-20(27)12-25-10-9-16(11-25)26-14-22-13-23-26/h1-8,13-14,16H,9-12H2,(H,24,27)/t16-/m1/s1. The van der Waals surface area contributed by atoms with Crippen LogP contribution in [-0.2, 0) is 4.79 Å². The van der Waals surface area contributed by atoms with E-state index >= 15 is 0 Å². The summed E-state index contributed by atoms with van der Waals surface area (Å²) in [4.78, 5) is 18.5. The van der Waals surface area contributed by atoms with Gasteiger partial charge in [-0.3, -0.25) is 9.69 Å². The average molecular weight is 398 g/mol. The minimum absolute atomic E-state index is 0.0426. The second kappa shape index (κ2) is 8.41. The van der Waals surface area contributed by atoms with E-state index in [0.29, 0.717) is 23.1 Å². The summed E-state index contributed by atoms with van der Waals surface area (Å²) in [5.41, 5.74) is 0.725. The Hall–Kier alpha value is -2.90. The fourth-order valence-electron chi connectivity index (χ4n) is 3.24. The molecule has 0 saturated carbocycles. The van der Waals surface area contributed by atoms with E-state index in [4.69, 9.17) is 16.3 Å². The number of hydrogen-bond acceptors (Lipinski definition) is 5. The molecule has 0 aliphatic carbocycles. The molecule has 4 rings (SSSR count). The summed E-state index contributed by atoms with van der Waals surface area (Å²) < 4.78 is 7.61. The van der Waals surface area contributed by atoms with Gasteiger partial charge in [-0.2, -0.15) is 5.10 Å². The van der Waals surface area contributed by atoms with Gasteiger partial charge < -0.3 is 10.1 Å². The van der Waals surface area contributed by atoms with Crippen LogP contribution >= 0.6 is 11.6 Å². The maximum atomic E-state index is 12.3. The van der Waals surface area contributed by atoms with E-state index in [-0.39, 0.29) is 11.9 Å². The number of hydrogen-bond donors (Lipinski definition) is 1. The average Bonchev–Trinajstić information content (AvgIpc) is 3.37. The Kier molecular flexibility index (Phi) is 5.55. The molecule has 0 radical (unpaired) electrons. The molecule has 1 amide bonds. The lowest BCUT2D eigenvalue weighted by Gasteiger charge is -2.16. The number of carbonyl (C=O) groups is 1. The van der Waals surface area contributed by atoms with Gasteiger partial charge in [0.15, 0.2) is 0 Å². The third kappa shape index (κ3) is 4.49. The molecule has 0 spiro atoms. The molecule has 3 aromatic rings. The van der Waals surface area contributed by atoms with Crippen molar-refractivity contribution in [3.05, 3.63) is 66.2 Å². The number of benzene rings is 2. The summed E-state index contributed by atoms with van der Waals surface area (Å²) in [6.07, 6.45) is 4.22. The van der Waals surface area contributed by atoms with Crippen LogP contribution in [0, 0.1) is 0 Å². The van der Waals surface area contributed by atoms with Crippen LogP contribution in [0.3, 0.4) is 0 Å². The zero-order chi connectivity index (χ0) is 19.3. The summed E-state index contributed by atoms with van der Waals surface area (Å²) in [6.45, 7) is 2.01. The van der Waals surface area contributed by atoms with E-state index in [0.717, 1.165) is 25.2 Å². The van der Waals surface area contributed by atoms with E-state index in [1.807, 2.05) is 28.9 Å². The quantitative estimate of drug-likeness (QED) is 0.687. The Morgan fingerprint density at radius 1 is 1.21 bits per heavy atom. The topological polar surface area (TPSA) is 72.3 Å². The summed E-state index contributed by atoms with van der Waals surface area (Å²) in [5, 5.41) is 7.66.